The number of sulfone groups is 1. The zero-order chi connectivity index (χ0) is 21.0. The minimum Gasteiger partial charge on any atom is -0.489 e. The normalized spacial score (nSPS) is 19.6. The van der Waals surface area contributed by atoms with E-state index in [2.05, 4.69) is 0 Å². The van der Waals surface area contributed by atoms with Gasteiger partial charge in [0.2, 0.25) is 0 Å². The fourth-order valence-electron chi connectivity index (χ4n) is 3.16. The number of amides is 1. The first kappa shape index (κ1) is 21.5. The van der Waals surface area contributed by atoms with Gasteiger partial charge in [0, 0.05) is 11.6 Å². The van der Waals surface area contributed by atoms with Crippen LogP contribution in [-0.4, -0.2) is 48.4 Å². The zero-order valence-electron chi connectivity index (χ0n) is 15.3. The van der Waals surface area contributed by atoms with E-state index in [1.807, 2.05) is 12.1 Å². The van der Waals surface area contributed by atoms with Gasteiger partial charge in [-0.3, -0.25) is 15.2 Å². The van der Waals surface area contributed by atoms with Gasteiger partial charge in [0.05, 0.1) is 22.7 Å². The maximum Gasteiger partial charge on any atom is 0.279 e. The SMILES string of the molecule is O=C(C1COCCC1S(=O)(=O)c1ccc(OCc2cccc(Cl)c2)cc1)N(O)O. The minimum absolute atomic E-state index is 0.0136. The lowest BCUT2D eigenvalue weighted by Crippen LogP contribution is -2.46. The highest BCUT2D eigenvalue weighted by Crippen LogP contribution is 2.30. The number of carbonyl (C=O) groups excluding carboxylic acids is 1. The van der Waals surface area contributed by atoms with E-state index in [9.17, 15) is 13.2 Å². The number of hydrogen-bond donors (Lipinski definition) is 2. The summed E-state index contributed by atoms with van der Waals surface area (Å²) in [6.07, 6.45) is 0.0690. The van der Waals surface area contributed by atoms with E-state index in [0.717, 1.165) is 5.56 Å². The van der Waals surface area contributed by atoms with Crippen molar-refractivity contribution in [2.75, 3.05) is 13.2 Å². The predicted octanol–water partition coefficient (Wildman–Crippen LogP) is 2.70. The van der Waals surface area contributed by atoms with E-state index in [1.165, 1.54) is 24.3 Å². The van der Waals surface area contributed by atoms with Crippen molar-refractivity contribution in [3.8, 4) is 5.75 Å². The van der Waals surface area contributed by atoms with Gasteiger partial charge < -0.3 is 9.47 Å². The van der Waals surface area contributed by atoms with Gasteiger partial charge in [-0.05, 0) is 48.4 Å². The standard InChI is InChI=1S/C19H20ClNO7S/c20-14-3-1-2-13(10-14)11-28-15-4-6-16(7-5-15)29(25,26)18-8-9-27-12-17(18)19(22)21(23)24/h1-7,10,17-18,23-24H,8-9,11-12H2. The molecule has 10 heteroatoms. The van der Waals surface area contributed by atoms with E-state index < -0.39 is 32.1 Å². The minimum atomic E-state index is -3.90. The molecule has 0 bridgehead atoms. The number of halogens is 1. The summed E-state index contributed by atoms with van der Waals surface area (Å²) in [5.74, 6) is -1.86. The highest BCUT2D eigenvalue weighted by molar-refractivity contribution is 7.92. The molecule has 1 saturated heterocycles. The Morgan fingerprint density at radius 1 is 1.21 bits per heavy atom. The topological polar surface area (TPSA) is 113 Å². The van der Waals surface area contributed by atoms with Crippen molar-refractivity contribution in [3.63, 3.8) is 0 Å². The lowest BCUT2D eigenvalue weighted by Gasteiger charge is -2.30. The quantitative estimate of drug-likeness (QED) is 0.523. The van der Waals surface area contributed by atoms with Crippen molar-refractivity contribution in [2.45, 2.75) is 23.2 Å². The van der Waals surface area contributed by atoms with E-state index in [1.54, 1.807) is 12.1 Å². The monoisotopic (exact) mass is 441 g/mol. The summed E-state index contributed by atoms with van der Waals surface area (Å²) in [6.45, 7) is 0.221. The first-order chi connectivity index (χ1) is 13.8. The second-order valence-corrected chi connectivity index (χ2v) is 9.17. The van der Waals surface area contributed by atoms with E-state index in [0.29, 0.717) is 10.8 Å². The molecule has 1 aliphatic heterocycles. The molecule has 2 atom stereocenters. The van der Waals surface area contributed by atoms with Gasteiger partial charge in [0.25, 0.3) is 5.91 Å². The molecular weight excluding hydrogens is 422 g/mol. The maximum absolute atomic E-state index is 13.0. The Bertz CT molecular complexity index is 963. The zero-order valence-corrected chi connectivity index (χ0v) is 16.8. The molecule has 156 valence electrons. The predicted molar refractivity (Wildman–Crippen MR) is 103 cm³/mol. The summed E-state index contributed by atoms with van der Waals surface area (Å²) in [7, 11) is -3.90. The Hall–Kier alpha value is -2.17. The second kappa shape index (κ2) is 9.10. The molecule has 2 unspecified atom stereocenters. The number of hydrogen-bond acceptors (Lipinski definition) is 7. The van der Waals surface area contributed by atoms with Crippen LogP contribution in [0.2, 0.25) is 5.02 Å². The summed E-state index contributed by atoms with van der Waals surface area (Å²) >= 11 is 5.94. The molecule has 29 heavy (non-hydrogen) atoms. The molecule has 1 fully saturated rings. The Kier molecular flexibility index (Phi) is 6.76. The fraction of sp³-hybridized carbons (Fsp3) is 0.316. The maximum atomic E-state index is 13.0. The molecule has 0 saturated carbocycles. The first-order valence-electron chi connectivity index (χ1n) is 8.79. The lowest BCUT2D eigenvalue weighted by molar-refractivity contribution is -0.289. The van der Waals surface area contributed by atoms with Crippen LogP contribution in [0.1, 0.15) is 12.0 Å². The second-order valence-electron chi connectivity index (χ2n) is 6.57. The molecule has 0 radical (unpaired) electrons. The molecule has 2 aromatic rings. The number of rotatable bonds is 6. The van der Waals surface area contributed by atoms with Crippen LogP contribution in [0.15, 0.2) is 53.4 Å². The van der Waals surface area contributed by atoms with Crippen LogP contribution in [-0.2, 0) is 26.0 Å². The third kappa shape index (κ3) is 5.06. The van der Waals surface area contributed by atoms with Crippen LogP contribution in [0.3, 0.4) is 0 Å². The number of carbonyl (C=O) groups is 1. The van der Waals surface area contributed by atoms with Crippen LogP contribution in [0.25, 0.3) is 0 Å². The van der Waals surface area contributed by atoms with Gasteiger partial charge >= 0.3 is 0 Å². The van der Waals surface area contributed by atoms with Gasteiger partial charge in [0.15, 0.2) is 9.84 Å². The smallest absolute Gasteiger partial charge is 0.279 e. The third-order valence-corrected chi connectivity index (χ3v) is 7.18. The molecule has 1 heterocycles. The number of nitrogens with zero attached hydrogens (tertiary/aromatic N) is 1. The van der Waals surface area contributed by atoms with Crippen LogP contribution in [0.4, 0.5) is 0 Å². The summed E-state index contributed by atoms with van der Waals surface area (Å²) in [4.78, 5) is 11.9. The molecule has 2 N–H and O–H groups in total. The number of hydroxylamine groups is 2. The first-order valence-corrected chi connectivity index (χ1v) is 10.7. The molecule has 1 amide bonds. The molecule has 3 rings (SSSR count). The van der Waals surface area contributed by atoms with Crippen LogP contribution < -0.4 is 4.74 Å². The van der Waals surface area contributed by atoms with Gasteiger partial charge in [-0.1, -0.05) is 29.0 Å². The summed E-state index contributed by atoms with van der Waals surface area (Å²) in [6, 6.07) is 13.0. The molecule has 0 aliphatic carbocycles. The van der Waals surface area contributed by atoms with Gasteiger partial charge in [-0.2, -0.15) is 0 Å². The Morgan fingerprint density at radius 2 is 1.93 bits per heavy atom. The van der Waals surface area contributed by atoms with E-state index in [4.69, 9.17) is 31.5 Å². The van der Waals surface area contributed by atoms with Crippen molar-refractivity contribution < 1.29 is 33.1 Å². The molecule has 0 aromatic heterocycles. The molecule has 2 aromatic carbocycles. The Labute approximate surface area is 173 Å². The fourth-order valence-corrected chi connectivity index (χ4v) is 5.27. The van der Waals surface area contributed by atoms with Crippen molar-refractivity contribution >= 4 is 27.3 Å². The molecular formula is C19H20ClNO7S. The van der Waals surface area contributed by atoms with Crippen molar-refractivity contribution in [1.29, 1.82) is 0 Å². The van der Waals surface area contributed by atoms with Gasteiger partial charge in [-0.15, -0.1) is 0 Å². The van der Waals surface area contributed by atoms with E-state index >= 15 is 0 Å². The lowest BCUT2D eigenvalue weighted by atomic mass is 10.0. The average Bonchev–Trinajstić information content (AvgIpc) is 2.72. The molecule has 1 aliphatic rings. The van der Waals surface area contributed by atoms with Crippen molar-refractivity contribution in [2.24, 2.45) is 5.92 Å². The Balaban J connectivity index is 1.74. The number of ether oxygens (including phenoxy) is 2. The van der Waals surface area contributed by atoms with Crippen molar-refractivity contribution in [3.05, 3.63) is 59.1 Å². The third-order valence-electron chi connectivity index (χ3n) is 4.65. The largest absolute Gasteiger partial charge is 0.489 e. The summed E-state index contributed by atoms with van der Waals surface area (Å²) < 4.78 is 36.8. The Morgan fingerprint density at radius 3 is 2.59 bits per heavy atom. The van der Waals surface area contributed by atoms with Crippen LogP contribution in [0, 0.1) is 5.92 Å². The van der Waals surface area contributed by atoms with E-state index in [-0.39, 0.29) is 31.1 Å². The van der Waals surface area contributed by atoms with Crippen LogP contribution >= 0.6 is 11.6 Å². The highest BCUT2D eigenvalue weighted by Gasteiger charge is 2.42. The van der Waals surface area contributed by atoms with Gasteiger partial charge in [0.1, 0.15) is 12.4 Å². The van der Waals surface area contributed by atoms with Crippen molar-refractivity contribution in [1.82, 2.24) is 5.23 Å². The number of benzene rings is 2. The molecule has 0 spiro atoms. The molecule has 8 nitrogen and oxygen atoms in total. The summed E-state index contributed by atoms with van der Waals surface area (Å²) in [5.41, 5.74) is 0.871. The van der Waals surface area contributed by atoms with Crippen LogP contribution in [0.5, 0.6) is 5.75 Å². The highest BCUT2D eigenvalue weighted by atomic mass is 35.5. The van der Waals surface area contributed by atoms with Gasteiger partial charge in [-0.25, -0.2) is 8.42 Å². The summed E-state index contributed by atoms with van der Waals surface area (Å²) in [5, 5.41) is 16.9. The average molecular weight is 442 g/mol.